The summed E-state index contributed by atoms with van der Waals surface area (Å²) >= 11 is 0. The van der Waals surface area contributed by atoms with Gasteiger partial charge in [0, 0.05) is 49.7 Å². The first-order valence-corrected chi connectivity index (χ1v) is 20.8. The molecule has 286 valence electrons. The molecule has 0 atom stereocenters. The van der Waals surface area contributed by atoms with Crippen molar-refractivity contribution in [2.75, 3.05) is 4.90 Å². The van der Waals surface area contributed by atoms with Crippen molar-refractivity contribution >= 4 is 71.6 Å². The van der Waals surface area contributed by atoms with Crippen molar-refractivity contribution in [1.29, 1.82) is 0 Å². The number of furan rings is 1. The first-order chi connectivity index (χ1) is 30.3. The van der Waals surface area contributed by atoms with Crippen LogP contribution in [0.1, 0.15) is 0 Å². The number of aromatic nitrogens is 1. The number of anilines is 3. The van der Waals surface area contributed by atoms with Crippen LogP contribution in [0.15, 0.2) is 235 Å². The second kappa shape index (κ2) is 14.3. The first kappa shape index (κ1) is 34.9. The number of fused-ring (bicyclic) bond motifs is 8. The molecule has 0 aliphatic carbocycles. The molecule has 10 aromatic carbocycles. The summed E-state index contributed by atoms with van der Waals surface area (Å²) < 4.78 is 8.98. The lowest BCUT2D eigenvalue weighted by atomic mass is 9.97. The molecule has 0 fully saturated rings. The van der Waals surface area contributed by atoms with Gasteiger partial charge in [-0.1, -0.05) is 158 Å². The number of hydrogen-bond donors (Lipinski definition) is 0. The molecule has 2 aromatic heterocycles. The summed E-state index contributed by atoms with van der Waals surface area (Å²) in [6.07, 6.45) is 0. The van der Waals surface area contributed by atoms with Crippen LogP contribution in [-0.2, 0) is 0 Å². The van der Waals surface area contributed by atoms with E-state index in [1.165, 1.54) is 49.4 Å². The molecular formula is C58H38N2O. The van der Waals surface area contributed by atoms with E-state index in [1.54, 1.807) is 0 Å². The quantitative estimate of drug-likeness (QED) is 0.161. The van der Waals surface area contributed by atoms with Gasteiger partial charge in [-0.15, -0.1) is 0 Å². The van der Waals surface area contributed by atoms with Crippen LogP contribution < -0.4 is 4.90 Å². The van der Waals surface area contributed by atoms with Gasteiger partial charge in [0.15, 0.2) is 0 Å². The van der Waals surface area contributed by atoms with E-state index in [-0.39, 0.29) is 0 Å². The van der Waals surface area contributed by atoms with E-state index < -0.39 is 0 Å². The fourth-order valence-electron chi connectivity index (χ4n) is 9.39. The van der Waals surface area contributed by atoms with Gasteiger partial charge in [0.25, 0.3) is 0 Å². The molecule has 0 radical (unpaired) electrons. The van der Waals surface area contributed by atoms with Gasteiger partial charge in [0.1, 0.15) is 11.2 Å². The Morgan fingerprint density at radius 3 is 1.72 bits per heavy atom. The summed E-state index contributed by atoms with van der Waals surface area (Å²) in [6.45, 7) is 0. The molecule has 12 rings (SSSR count). The fraction of sp³-hybridized carbons (Fsp3) is 0. The van der Waals surface area contributed by atoms with Crippen molar-refractivity contribution in [3.63, 3.8) is 0 Å². The normalized spacial score (nSPS) is 11.6. The Balaban J connectivity index is 0.997. The molecule has 0 saturated carbocycles. The Morgan fingerprint density at radius 2 is 0.934 bits per heavy atom. The average molecular weight is 779 g/mol. The van der Waals surface area contributed by atoms with E-state index in [0.29, 0.717) is 0 Å². The summed E-state index contributed by atoms with van der Waals surface area (Å²) in [7, 11) is 0. The van der Waals surface area contributed by atoms with Crippen molar-refractivity contribution < 1.29 is 4.42 Å². The van der Waals surface area contributed by atoms with E-state index in [0.717, 1.165) is 61.2 Å². The van der Waals surface area contributed by atoms with E-state index in [4.69, 9.17) is 4.42 Å². The molecule has 0 saturated heterocycles. The molecule has 0 N–H and O–H groups in total. The number of benzene rings is 10. The van der Waals surface area contributed by atoms with Crippen LogP contribution >= 0.6 is 0 Å². The Kier molecular flexibility index (Phi) is 8.17. The third-order valence-electron chi connectivity index (χ3n) is 12.2. The van der Waals surface area contributed by atoms with Crippen LogP contribution in [0.5, 0.6) is 0 Å². The highest BCUT2D eigenvalue weighted by Crippen LogP contribution is 2.44. The third kappa shape index (κ3) is 5.82. The third-order valence-corrected chi connectivity index (χ3v) is 12.2. The Labute approximate surface area is 353 Å². The van der Waals surface area contributed by atoms with E-state index >= 15 is 0 Å². The Hall–Kier alpha value is -8.14. The maximum absolute atomic E-state index is 6.60. The predicted molar refractivity (Wildman–Crippen MR) is 257 cm³/mol. The first-order valence-electron chi connectivity index (χ1n) is 20.8. The molecule has 0 aliphatic rings. The summed E-state index contributed by atoms with van der Waals surface area (Å²) in [4.78, 5) is 2.37. The maximum atomic E-state index is 6.60. The van der Waals surface area contributed by atoms with Crippen molar-refractivity contribution in [1.82, 2.24) is 4.57 Å². The van der Waals surface area contributed by atoms with Gasteiger partial charge in [-0.3, -0.25) is 0 Å². The molecule has 0 spiro atoms. The average Bonchev–Trinajstić information content (AvgIpc) is 3.89. The van der Waals surface area contributed by atoms with E-state index in [1.807, 2.05) is 0 Å². The monoisotopic (exact) mass is 778 g/mol. The highest BCUT2D eigenvalue weighted by molar-refractivity contribution is 6.19. The van der Waals surface area contributed by atoms with Crippen LogP contribution in [0.3, 0.4) is 0 Å². The van der Waals surface area contributed by atoms with Gasteiger partial charge in [-0.05, 0) is 112 Å². The van der Waals surface area contributed by atoms with Gasteiger partial charge in [-0.25, -0.2) is 0 Å². The van der Waals surface area contributed by atoms with Crippen molar-refractivity contribution in [2.24, 2.45) is 0 Å². The fourth-order valence-corrected chi connectivity index (χ4v) is 9.39. The summed E-state index contributed by atoms with van der Waals surface area (Å²) in [5, 5.41) is 7.05. The second-order valence-corrected chi connectivity index (χ2v) is 15.7. The minimum atomic E-state index is 0.889. The van der Waals surface area contributed by atoms with Gasteiger partial charge < -0.3 is 13.9 Å². The molecule has 3 nitrogen and oxygen atoms in total. The molecule has 2 heterocycles. The zero-order chi connectivity index (χ0) is 40.3. The summed E-state index contributed by atoms with van der Waals surface area (Å²) in [6, 6.07) is 82.8. The van der Waals surface area contributed by atoms with Crippen LogP contribution in [0, 0.1) is 0 Å². The number of nitrogens with zero attached hydrogens (tertiary/aromatic N) is 2. The lowest BCUT2D eigenvalue weighted by molar-refractivity contribution is 0.673. The highest BCUT2D eigenvalue weighted by Gasteiger charge is 2.20. The van der Waals surface area contributed by atoms with Gasteiger partial charge >= 0.3 is 0 Å². The molecule has 3 heteroatoms. The van der Waals surface area contributed by atoms with E-state index in [2.05, 4.69) is 240 Å². The lowest BCUT2D eigenvalue weighted by Gasteiger charge is -2.26. The minimum absolute atomic E-state index is 0.889. The maximum Gasteiger partial charge on any atom is 0.143 e. The zero-order valence-electron chi connectivity index (χ0n) is 33.2. The molecule has 61 heavy (non-hydrogen) atoms. The van der Waals surface area contributed by atoms with Crippen LogP contribution in [-0.4, -0.2) is 4.57 Å². The molecular weight excluding hydrogens is 741 g/mol. The molecule has 12 aromatic rings. The minimum Gasteiger partial charge on any atom is -0.455 e. The lowest BCUT2D eigenvalue weighted by Crippen LogP contribution is -2.10. The van der Waals surface area contributed by atoms with E-state index in [9.17, 15) is 0 Å². The standard InChI is InChI=1S/C58H38N2O/c1-3-14-39(15-4-1)40-28-33-45(34-29-40)59(47-20-11-17-43(38-47)49-24-13-27-55-57(49)52-37-32-41-16-7-8-21-50(41)58(52)61-55)46-35-30-42(31-36-46)48-23-12-26-54-56(48)51-22-9-10-25-53(51)60(54)44-18-5-2-6-19-44/h1-38H. The van der Waals surface area contributed by atoms with Gasteiger partial charge in [0.2, 0.25) is 0 Å². The molecule has 0 amide bonds. The highest BCUT2D eigenvalue weighted by atomic mass is 16.3. The SMILES string of the molecule is c1ccc(-c2ccc(N(c3ccc(-c4cccc5c4c4ccccc4n5-c4ccccc4)cc3)c3cccc(-c4cccc5oc6c7ccccc7ccc6c45)c3)cc2)cc1. The van der Waals surface area contributed by atoms with Crippen molar-refractivity contribution in [3.8, 4) is 39.1 Å². The molecule has 0 unspecified atom stereocenters. The summed E-state index contributed by atoms with van der Waals surface area (Å²) in [5.41, 5.74) is 15.6. The topological polar surface area (TPSA) is 21.3 Å². The number of rotatable bonds is 7. The number of para-hydroxylation sites is 2. The van der Waals surface area contributed by atoms with Crippen molar-refractivity contribution in [3.05, 3.63) is 231 Å². The molecule has 0 bridgehead atoms. The Morgan fingerprint density at radius 1 is 0.344 bits per heavy atom. The molecule has 0 aliphatic heterocycles. The predicted octanol–water partition coefficient (Wildman–Crippen LogP) is 16.3. The van der Waals surface area contributed by atoms with Crippen molar-refractivity contribution in [2.45, 2.75) is 0 Å². The Bertz CT molecular complexity index is 3560. The largest absolute Gasteiger partial charge is 0.455 e. The van der Waals surface area contributed by atoms with Crippen LogP contribution in [0.25, 0.3) is 93.6 Å². The zero-order valence-corrected chi connectivity index (χ0v) is 33.2. The number of hydrogen-bond acceptors (Lipinski definition) is 2. The second-order valence-electron chi connectivity index (χ2n) is 15.7. The van der Waals surface area contributed by atoms with Gasteiger partial charge in [0.05, 0.1) is 11.0 Å². The van der Waals surface area contributed by atoms with Gasteiger partial charge in [-0.2, -0.15) is 0 Å². The summed E-state index contributed by atoms with van der Waals surface area (Å²) in [5.74, 6) is 0. The van der Waals surface area contributed by atoms with Crippen LogP contribution in [0.4, 0.5) is 17.1 Å². The van der Waals surface area contributed by atoms with Crippen LogP contribution in [0.2, 0.25) is 0 Å². The smallest absolute Gasteiger partial charge is 0.143 e.